The van der Waals surface area contributed by atoms with Crippen LogP contribution in [0.15, 0.2) is 23.1 Å². The number of rotatable bonds is 0. The van der Waals surface area contributed by atoms with Gasteiger partial charge in [0.1, 0.15) is 0 Å². The van der Waals surface area contributed by atoms with E-state index in [4.69, 9.17) is 11.6 Å². The van der Waals surface area contributed by atoms with Crippen molar-refractivity contribution in [2.75, 3.05) is 5.75 Å². The average Bonchev–Trinajstić information content (AvgIpc) is 2.29. The van der Waals surface area contributed by atoms with Crippen LogP contribution in [0.3, 0.4) is 0 Å². The van der Waals surface area contributed by atoms with Crippen LogP contribution in [0.25, 0.3) is 0 Å². The molecule has 1 aliphatic heterocycles. The molecular formula is C10H9ClOS. The number of hydrogen-bond acceptors (Lipinski definition) is 2. The van der Waals surface area contributed by atoms with Gasteiger partial charge < -0.3 is 0 Å². The number of ketones is 1. The van der Waals surface area contributed by atoms with Crippen molar-refractivity contribution in [2.45, 2.75) is 17.7 Å². The molecule has 1 heterocycles. The summed E-state index contributed by atoms with van der Waals surface area (Å²) in [4.78, 5) is 12.7. The van der Waals surface area contributed by atoms with Crippen molar-refractivity contribution >= 4 is 29.1 Å². The number of benzene rings is 1. The molecule has 1 aliphatic rings. The first-order chi connectivity index (χ1) is 6.27. The molecule has 1 aromatic carbocycles. The van der Waals surface area contributed by atoms with Crippen molar-refractivity contribution in [1.82, 2.24) is 0 Å². The van der Waals surface area contributed by atoms with Gasteiger partial charge in [-0.1, -0.05) is 11.6 Å². The Balaban J connectivity index is 2.49. The molecule has 0 N–H and O–H groups in total. The highest BCUT2D eigenvalue weighted by molar-refractivity contribution is 7.99. The molecule has 0 unspecified atom stereocenters. The van der Waals surface area contributed by atoms with Crippen molar-refractivity contribution < 1.29 is 4.79 Å². The van der Waals surface area contributed by atoms with E-state index in [1.807, 2.05) is 12.1 Å². The molecule has 0 amide bonds. The van der Waals surface area contributed by atoms with Crippen LogP contribution in [-0.2, 0) is 0 Å². The Morgan fingerprint density at radius 2 is 2.23 bits per heavy atom. The zero-order chi connectivity index (χ0) is 9.26. The van der Waals surface area contributed by atoms with Crippen LogP contribution in [0.2, 0.25) is 5.02 Å². The fraction of sp³-hybridized carbons (Fsp3) is 0.300. The summed E-state index contributed by atoms with van der Waals surface area (Å²) in [5.74, 6) is 1.25. The predicted molar refractivity (Wildman–Crippen MR) is 55.7 cm³/mol. The van der Waals surface area contributed by atoms with Gasteiger partial charge in [-0.05, 0) is 30.4 Å². The van der Waals surface area contributed by atoms with E-state index < -0.39 is 0 Å². The first kappa shape index (κ1) is 9.10. The summed E-state index contributed by atoms with van der Waals surface area (Å²) in [5, 5.41) is 0.648. The summed E-state index contributed by atoms with van der Waals surface area (Å²) in [7, 11) is 0. The van der Waals surface area contributed by atoms with E-state index in [1.54, 1.807) is 17.8 Å². The Kier molecular flexibility index (Phi) is 2.61. The highest BCUT2D eigenvalue weighted by atomic mass is 35.5. The normalized spacial score (nSPS) is 16.5. The standard InChI is InChI=1S/C10H9ClOS/c11-7-3-4-10-8(6-7)9(12)2-1-5-13-10/h3-4,6H,1-2,5H2. The number of hydrogen-bond donors (Lipinski definition) is 0. The van der Waals surface area contributed by atoms with Gasteiger partial charge in [-0.25, -0.2) is 0 Å². The minimum atomic E-state index is 0.225. The maximum Gasteiger partial charge on any atom is 0.164 e. The van der Waals surface area contributed by atoms with Crippen LogP contribution < -0.4 is 0 Å². The van der Waals surface area contributed by atoms with Gasteiger partial charge in [0.05, 0.1) is 0 Å². The van der Waals surface area contributed by atoms with Crippen LogP contribution in [-0.4, -0.2) is 11.5 Å². The van der Waals surface area contributed by atoms with Crippen molar-refractivity contribution in [2.24, 2.45) is 0 Å². The van der Waals surface area contributed by atoms with Gasteiger partial charge >= 0.3 is 0 Å². The van der Waals surface area contributed by atoms with E-state index in [2.05, 4.69) is 0 Å². The predicted octanol–water partition coefficient (Wildman–Crippen LogP) is 3.41. The molecule has 0 saturated carbocycles. The quantitative estimate of drug-likeness (QED) is 0.656. The van der Waals surface area contributed by atoms with Gasteiger partial charge in [-0.15, -0.1) is 11.8 Å². The lowest BCUT2D eigenvalue weighted by atomic mass is 10.1. The van der Waals surface area contributed by atoms with E-state index in [0.29, 0.717) is 11.4 Å². The summed E-state index contributed by atoms with van der Waals surface area (Å²) in [5.41, 5.74) is 0.801. The summed E-state index contributed by atoms with van der Waals surface area (Å²) in [6.07, 6.45) is 1.62. The maximum absolute atomic E-state index is 11.6. The maximum atomic E-state index is 11.6. The van der Waals surface area contributed by atoms with E-state index in [-0.39, 0.29) is 5.78 Å². The Bertz CT molecular complexity index is 349. The van der Waals surface area contributed by atoms with Gasteiger partial charge in [0.2, 0.25) is 0 Å². The van der Waals surface area contributed by atoms with E-state index in [9.17, 15) is 4.79 Å². The molecule has 0 saturated heterocycles. The zero-order valence-electron chi connectivity index (χ0n) is 7.05. The highest BCUT2D eigenvalue weighted by Gasteiger charge is 2.15. The van der Waals surface area contributed by atoms with Crippen molar-refractivity contribution in [3.8, 4) is 0 Å². The Labute approximate surface area is 86.5 Å². The molecule has 2 rings (SSSR count). The van der Waals surface area contributed by atoms with Gasteiger partial charge in [0.15, 0.2) is 5.78 Å². The number of halogens is 1. The number of carbonyl (C=O) groups is 1. The molecule has 0 aliphatic carbocycles. The molecule has 13 heavy (non-hydrogen) atoms. The lowest BCUT2D eigenvalue weighted by molar-refractivity contribution is 0.0980. The number of Topliss-reactive ketones (excluding diaryl/α,β-unsaturated/α-hetero) is 1. The van der Waals surface area contributed by atoms with Gasteiger partial charge in [0, 0.05) is 21.9 Å². The van der Waals surface area contributed by atoms with Gasteiger partial charge in [-0.2, -0.15) is 0 Å². The summed E-state index contributed by atoms with van der Waals surface area (Å²) < 4.78 is 0. The monoisotopic (exact) mass is 212 g/mol. The van der Waals surface area contributed by atoms with E-state index in [0.717, 1.165) is 22.6 Å². The third-order valence-electron chi connectivity index (χ3n) is 2.05. The smallest absolute Gasteiger partial charge is 0.164 e. The molecule has 0 bridgehead atoms. The molecule has 3 heteroatoms. The lowest BCUT2D eigenvalue weighted by Gasteiger charge is -2.02. The first-order valence-corrected chi connectivity index (χ1v) is 5.59. The minimum Gasteiger partial charge on any atom is -0.294 e. The van der Waals surface area contributed by atoms with Gasteiger partial charge in [0.25, 0.3) is 0 Å². The second-order valence-electron chi connectivity index (χ2n) is 3.02. The van der Waals surface area contributed by atoms with Crippen molar-refractivity contribution in [3.05, 3.63) is 28.8 Å². The van der Waals surface area contributed by atoms with Crippen LogP contribution in [0, 0.1) is 0 Å². The summed E-state index contributed by atoms with van der Waals surface area (Å²) in [6, 6.07) is 5.55. The second kappa shape index (κ2) is 3.72. The zero-order valence-corrected chi connectivity index (χ0v) is 8.62. The topological polar surface area (TPSA) is 17.1 Å². The minimum absolute atomic E-state index is 0.225. The summed E-state index contributed by atoms with van der Waals surface area (Å²) >= 11 is 7.58. The Morgan fingerprint density at radius 3 is 3.08 bits per heavy atom. The first-order valence-electron chi connectivity index (χ1n) is 4.23. The second-order valence-corrected chi connectivity index (χ2v) is 4.59. The molecular weight excluding hydrogens is 204 g/mol. The number of carbonyl (C=O) groups excluding carboxylic acids is 1. The van der Waals surface area contributed by atoms with E-state index >= 15 is 0 Å². The van der Waals surface area contributed by atoms with E-state index in [1.165, 1.54) is 0 Å². The molecule has 0 fully saturated rings. The molecule has 68 valence electrons. The SMILES string of the molecule is O=C1CCCSc2ccc(Cl)cc21. The largest absolute Gasteiger partial charge is 0.294 e. The van der Waals surface area contributed by atoms with Crippen LogP contribution >= 0.6 is 23.4 Å². The number of thioether (sulfide) groups is 1. The third-order valence-corrected chi connectivity index (χ3v) is 3.44. The average molecular weight is 213 g/mol. The molecule has 0 spiro atoms. The lowest BCUT2D eigenvalue weighted by Crippen LogP contribution is -1.97. The van der Waals surface area contributed by atoms with Crippen molar-refractivity contribution in [1.29, 1.82) is 0 Å². The fourth-order valence-corrected chi connectivity index (χ4v) is 2.57. The Hall–Kier alpha value is -0.470. The van der Waals surface area contributed by atoms with Crippen LogP contribution in [0.1, 0.15) is 23.2 Å². The molecule has 1 aromatic rings. The van der Waals surface area contributed by atoms with Crippen molar-refractivity contribution in [3.63, 3.8) is 0 Å². The van der Waals surface area contributed by atoms with Crippen LogP contribution in [0.4, 0.5) is 0 Å². The Morgan fingerprint density at radius 1 is 1.38 bits per heavy atom. The highest BCUT2D eigenvalue weighted by Crippen LogP contribution is 2.30. The molecule has 0 radical (unpaired) electrons. The molecule has 1 nitrogen and oxygen atoms in total. The fourth-order valence-electron chi connectivity index (χ4n) is 1.40. The molecule has 0 atom stereocenters. The number of fused-ring (bicyclic) bond motifs is 1. The van der Waals surface area contributed by atoms with Crippen LogP contribution in [0.5, 0.6) is 0 Å². The summed E-state index contributed by atoms with van der Waals surface area (Å²) in [6.45, 7) is 0. The molecule has 0 aromatic heterocycles. The van der Waals surface area contributed by atoms with Gasteiger partial charge in [-0.3, -0.25) is 4.79 Å². The third kappa shape index (κ3) is 1.89.